The van der Waals surface area contributed by atoms with Crippen LogP contribution in [0.1, 0.15) is 49.4 Å². The average molecular weight is 460 g/mol. The lowest BCUT2D eigenvalue weighted by molar-refractivity contribution is -0.167. The van der Waals surface area contributed by atoms with Gasteiger partial charge in [0.25, 0.3) is 0 Å². The molecule has 6 heteroatoms. The van der Waals surface area contributed by atoms with Gasteiger partial charge in [-0.15, -0.1) is 0 Å². The van der Waals surface area contributed by atoms with Crippen molar-refractivity contribution in [3.63, 3.8) is 0 Å². The van der Waals surface area contributed by atoms with Gasteiger partial charge in [-0.2, -0.15) is 11.8 Å². The zero-order chi connectivity index (χ0) is 23.0. The second-order valence-corrected chi connectivity index (χ2v) is 10.1. The largest absolute Gasteiger partial charge is 0.372 e. The highest BCUT2D eigenvalue weighted by atomic mass is 32.2. The van der Waals surface area contributed by atoms with Crippen molar-refractivity contribution in [2.45, 2.75) is 57.5 Å². The number of fused-ring (bicyclic) bond motifs is 1. The van der Waals surface area contributed by atoms with Crippen LogP contribution in [0.5, 0.6) is 0 Å². The summed E-state index contributed by atoms with van der Waals surface area (Å²) in [4.78, 5) is 18.2. The van der Waals surface area contributed by atoms with Gasteiger partial charge in [-0.05, 0) is 66.2 Å². The molecule has 0 aliphatic heterocycles. The number of thioether (sulfide) groups is 1. The summed E-state index contributed by atoms with van der Waals surface area (Å²) in [5.41, 5.74) is 2.57. The van der Waals surface area contributed by atoms with Crippen molar-refractivity contribution < 1.29 is 19.0 Å². The Bertz CT molecular complexity index is 829. The molecule has 0 N–H and O–H groups in total. The third-order valence-corrected chi connectivity index (χ3v) is 7.64. The molecule has 2 aliphatic carbocycles. The van der Waals surface area contributed by atoms with Gasteiger partial charge in [-0.25, -0.2) is 0 Å². The maximum atomic E-state index is 13.5. The summed E-state index contributed by atoms with van der Waals surface area (Å²) in [6.45, 7) is 2.31. The molecular formula is C26H37NO4S. The summed E-state index contributed by atoms with van der Waals surface area (Å²) in [5.74, 6) is 7.74. The van der Waals surface area contributed by atoms with Crippen LogP contribution in [0.3, 0.4) is 0 Å². The zero-order valence-corrected chi connectivity index (χ0v) is 20.8. The fraction of sp³-hybridized carbons (Fsp3) is 0.692. The molecule has 1 saturated carbocycles. The minimum absolute atomic E-state index is 0.0372. The molecule has 32 heavy (non-hydrogen) atoms. The van der Waals surface area contributed by atoms with E-state index < -0.39 is 5.60 Å². The van der Waals surface area contributed by atoms with Crippen molar-refractivity contribution in [2.24, 2.45) is 17.8 Å². The number of pyridine rings is 1. The van der Waals surface area contributed by atoms with Crippen LogP contribution in [0, 0.1) is 29.6 Å². The van der Waals surface area contributed by atoms with E-state index >= 15 is 0 Å². The first-order chi connectivity index (χ1) is 15.5. The predicted molar refractivity (Wildman–Crippen MR) is 129 cm³/mol. The van der Waals surface area contributed by atoms with Gasteiger partial charge in [0.1, 0.15) is 13.4 Å². The maximum Gasteiger partial charge on any atom is 0.238 e. The Balaban J connectivity index is 1.88. The first-order valence-corrected chi connectivity index (χ1v) is 13.0. The number of carbonyl (C=O) groups is 1. The van der Waals surface area contributed by atoms with Gasteiger partial charge in [0.15, 0.2) is 5.60 Å². The quantitative estimate of drug-likeness (QED) is 0.251. The Morgan fingerprint density at radius 2 is 2.03 bits per heavy atom. The number of Topliss-reactive ketones (excluding diaryl/α,β-unsaturated/α-hetero) is 1. The second kappa shape index (κ2) is 12.2. The van der Waals surface area contributed by atoms with Crippen molar-refractivity contribution >= 4 is 17.5 Å². The molecule has 0 bridgehead atoms. The fourth-order valence-electron chi connectivity index (χ4n) is 4.76. The minimum atomic E-state index is -1.10. The molecule has 0 spiro atoms. The molecule has 0 saturated heterocycles. The summed E-state index contributed by atoms with van der Waals surface area (Å²) >= 11 is 1.70. The molecule has 1 aromatic heterocycles. The molecule has 3 rings (SSSR count). The molecule has 1 heterocycles. The van der Waals surface area contributed by atoms with Crippen molar-refractivity contribution in [1.82, 2.24) is 4.98 Å². The number of nitrogens with zero attached hydrogens (tertiary/aromatic N) is 1. The number of hydrogen-bond donors (Lipinski definition) is 0. The molecule has 0 radical (unpaired) electrons. The Labute approximate surface area is 197 Å². The molecule has 5 nitrogen and oxygen atoms in total. The lowest BCUT2D eigenvalue weighted by Gasteiger charge is -2.36. The summed E-state index contributed by atoms with van der Waals surface area (Å²) in [7, 11) is 3.15. The van der Waals surface area contributed by atoms with Crippen LogP contribution in [0.15, 0.2) is 12.3 Å². The fourth-order valence-corrected chi connectivity index (χ4v) is 5.53. The lowest BCUT2D eigenvalue weighted by atomic mass is 9.80. The SMILES string of the molecule is COCC#CC(=O)[C@](Cc1nccc2c1C[C@@H](CCC1CC1)C2)(OCOC)[C@@H](C)CSC. The Hall–Kier alpha value is -1.39. The summed E-state index contributed by atoms with van der Waals surface area (Å²) < 4.78 is 16.5. The number of carbonyl (C=O) groups excluding carboxylic acids is 1. The predicted octanol–water partition coefficient (Wildman–Crippen LogP) is 4.11. The van der Waals surface area contributed by atoms with Gasteiger partial charge in [-0.3, -0.25) is 9.78 Å². The number of ether oxygens (including phenoxy) is 3. The number of rotatable bonds is 13. The molecule has 0 aromatic carbocycles. The van der Waals surface area contributed by atoms with Crippen LogP contribution < -0.4 is 0 Å². The average Bonchev–Trinajstić information content (AvgIpc) is 3.52. The number of ketones is 1. The smallest absolute Gasteiger partial charge is 0.238 e. The number of aromatic nitrogens is 1. The molecule has 1 fully saturated rings. The van der Waals surface area contributed by atoms with Gasteiger partial charge in [0.2, 0.25) is 5.78 Å². The van der Waals surface area contributed by atoms with E-state index in [1.807, 2.05) is 12.5 Å². The van der Waals surface area contributed by atoms with E-state index in [1.54, 1.807) is 26.0 Å². The van der Waals surface area contributed by atoms with E-state index in [0.717, 1.165) is 30.2 Å². The van der Waals surface area contributed by atoms with Gasteiger partial charge >= 0.3 is 0 Å². The Kier molecular flexibility index (Phi) is 9.61. The van der Waals surface area contributed by atoms with Crippen molar-refractivity contribution in [3.05, 3.63) is 29.1 Å². The van der Waals surface area contributed by atoms with E-state index in [1.165, 1.54) is 36.8 Å². The summed E-state index contributed by atoms with van der Waals surface area (Å²) in [6.07, 6.45) is 12.0. The number of hydrogen-bond acceptors (Lipinski definition) is 6. The highest BCUT2D eigenvalue weighted by Gasteiger charge is 2.45. The van der Waals surface area contributed by atoms with Crippen molar-refractivity contribution in [2.75, 3.05) is 39.6 Å². The van der Waals surface area contributed by atoms with Gasteiger partial charge in [-0.1, -0.05) is 32.1 Å². The Morgan fingerprint density at radius 3 is 2.72 bits per heavy atom. The molecule has 3 atom stereocenters. The van der Waals surface area contributed by atoms with Crippen LogP contribution in [0.2, 0.25) is 0 Å². The van der Waals surface area contributed by atoms with Crippen LogP contribution in [0.4, 0.5) is 0 Å². The maximum absolute atomic E-state index is 13.5. The van der Waals surface area contributed by atoms with E-state index in [9.17, 15) is 4.79 Å². The van der Waals surface area contributed by atoms with Crippen LogP contribution in [-0.2, 0) is 38.3 Å². The van der Waals surface area contributed by atoms with Crippen molar-refractivity contribution in [3.8, 4) is 11.8 Å². The first-order valence-electron chi connectivity index (χ1n) is 11.6. The topological polar surface area (TPSA) is 57.7 Å². The first kappa shape index (κ1) is 25.2. The molecule has 0 unspecified atom stereocenters. The minimum Gasteiger partial charge on any atom is -0.372 e. The number of methoxy groups -OCH3 is 2. The molecule has 0 amide bonds. The van der Waals surface area contributed by atoms with Gasteiger partial charge < -0.3 is 14.2 Å². The van der Waals surface area contributed by atoms with Gasteiger partial charge in [0.05, 0.1) is 0 Å². The van der Waals surface area contributed by atoms with Gasteiger partial charge in [0, 0.05) is 38.4 Å². The third kappa shape index (κ3) is 6.35. The summed E-state index contributed by atoms with van der Waals surface area (Å²) in [6, 6.07) is 2.15. The van der Waals surface area contributed by atoms with E-state index in [4.69, 9.17) is 19.2 Å². The van der Waals surface area contributed by atoms with E-state index in [2.05, 4.69) is 24.8 Å². The third-order valence-electron chi connectivity index (χ3n) is 6.80. The second-order valence-electron chi connectivity index (χ2n) is 9.23. The molecule has 1 aromatic rings. The standard InChI is InChI=1S/C26H37NO4S/c1-19(17-32-4)26(31-18-30-3,25(28)6-5-13-29-2)16-24-23-15-21(10-9-20-7-8-20)14-22(23)11-12-27-24/h11-12,19-21H,7-10,13-18H2,1-4H3/t19-,21-,26+/m0/s1. The monoisotopic (exact) mass is 459 g/mol. The highest BCUT2D eigenvalue weighted by molar-refractivity contribution is 7.98. The van der Waals surface area contributed by atoms with E-state index in [-0.39, 0.29) is 25.1 Å². The summed E-state index contributed by atoms with van der Waals surface area (Å²) in [5, 5.41) is 0. The normalized spacial score (nSPS) is 20.2. The van der Waals surface area contributed by atoms with Crippen LogP contribution in [-0.4, -0.2) is 56.0 Å². The van der Waals surface area contributed by atoms with Crippen molar-refractivity contribution in [1.29, 1.82) is 0 Å². The lowest BCUT2D eigenvalue weighted by Crippen LogP contribution is -2.50. The van der Waals surface area contributed by atoms with Crippen LogP contribution in [0.25, 0.3) is 0 Å². The molecule has 2 aliphatic rings. The highest BCUT2D eigenvalue weighted by Crippen LogP contribution is 2.39. The molecular weight excluding hydrogens is 422 g/mol. The Morgan fingerprint density at radius 1 is 1.25 bits per heavy atom. The van der Waals surface area contributed by atoms with Crippen LogP contribution >= 0.6 is 11.8 Å². The molecule has 176 valence electrons. The van der Waals surface area contributed by atoms with E-state index in [0.29, 0.717) is 12.3 Å². The zero-order valence-electron chi connectivity index (χ0n) is 19.9.